The van der Waals surface area contributed by atoms with E-state index in [9.17, 15) is 22.8 Å². The molecule has 1 amide bonds. The third-order valence-corrected chi connectivity index (χ3v) is 2.74. The zero-order chi connectivity index (χ0) is 19.1. The van der Waals surface area contributed by atoms with Gasteiger partial charge in [0.05, 0.1) is 59.3 Å². The third-order valence-electron chi connectivity index (χ3n) is 2.74. The molecule has 0 heterocycles. The van der Waals surface area contributed by atoms with Crippen LogP contribution in [0.5, 0.6) is 0 Å². The van der Waals surface area contributed by atoms with Gasteiger partial charge in [0.25, 0.3) is 0 Å². The van der Waals surface area contributed by atoms with Crippen molar-refractivity contribution in [2.24, 2.45) is 0 Å². The average Bonchev–Trinajstić information content (AvgIpc) is 2.53. The fraction of sp³-hybridized carbons (Fsp3) is 0.857. The van der Waals surface area contributed by atoms with Crippen molar-refractivity contribution in [3.63, 3.8) is 0 Å². The Balaban J connectivity index is 3.29. The number of hydrogen-bond donors (Lipinski definition) is 1. The van der Waals surface area contributed by atoms with Crippen molar-refractivity contribution in [2.45, 2.75) is 12.6 Å². The molecule has 0 aromatic heterocycles. The Bertz CT molecular complexity index is 380. The molecule has 11 heteroatoms. The van der Waals surface area contributed by atoms with Crippen LogP contribution < -0.4 is 0 Å². The van der Waals surface area contributed by atoms with Crippen LogP contribution in [0.15, 0.2) is 0 Å². The SMILES string of the molecule is CN(CCOCCOCCOCCOCCC(=O)O)C(=O)C(F)(F)F. The van der Waals surface area contributed by atoms with E-state index < -0.39 is 18.1 Å². The number of carbonyl (C=O) groups excluding carboxylic acids is 1. The van der Waals surface area contributed by atoms with Crippen LogP contribution in [-0.4, -0.2) is 94.5 Å². The summed E-state index contributed by atoms with van der Waals surface area (Å²) < 4.78 is 56.7. The number of ether oxygens (including phenoxy) is 4. The lowest BCUT2D eigenvalue weighted by molar-refractivity contribution is -0.184. The number of carboxylic acid groups (broad SMARTS) is 1. The first-order valence-corrected chi connectivity index (χ1v) is 7.60. The Kier molecular flexibility index (Phi) is 13.0. The minimum absolute atomic E-state index is 0.0220. The highest BCUT2D eigenvalue weighted by Gasteiger charge is 2.40. The van der Waals surface area contributed by atoms with Gasteiger partial charge in [-0.2, -0.15) is 13.2 Å². The predicted octanol–water partition coefficient (Wildman–Crippen LogP) is 0.548. The van der Waals surface area contributed by atoms with Gasteiger partial charge in [0.2, 0.25) is 0 Å². The third kappa shape index (κ3) is 14.6. The van der Waals surface area contributed by atoms with E-state index in [2.05, 4.69) is 0 Å². The van der Waals surface area contributed by atoms with Crippen molar-refractivity contribution < 1.29 is 46.8 Å². The predicted molar refractivity (Wildman–Crippen MR) is 79.2 cm³/mol. The lowest BCUT2D eigenvalue weighted by Crippen LogP contribution is -2.40. The molecular formula is C14H24F3NO7. The lowest BCUT2D eigenvalue weighted by atomic mass is 10.5. The van der Waals surface area contributed by atoms with E-state index in [0.29, 0.717) is 31.3 Å². The van der Waals surface area contributed by atoms with Crippen LogP contribution in [-0.2, 0) is 28.5 Å². The molecule has 0 rings (SSSR count). The summed E-state index contributed by atoms with van der Waals surface area (Å²) in [6.45, 7) is 1.63. The molecule has 0 radical (unpaired) electrons. The Morgan fingerprint density at radius 1 is 0.840 bits per heavy atom. The summed E-state index contributed by atoms with van der Waals surface area (Å²) in [4.78, 5) is 21.6. The van der Waals surface area contributed by atoms with Crippen molar-refractivity contribution in [3.05, 3.63) is 0 Å². The second-order valence-corrected chi connectivity index (χ2v) is 4.82. The molecule has 0 aliphatic carbocycles. The number of nitrogens with zero attached hydrogens (tertiary/aromatic N) is 1. The van der Waals surface area contributed by atoms with Crippen LogP contribution in [0.3, 0.4) is 0 Å². The number of rotatable bonds is 15. The molecule has 0 atom stereocenters. The van der Waals surface area contributed by atoms with E-state index in [1.165, 1.54) is 0 Å². The number of carbonyl (C=O) groups is 2. The topological polar surface area (TPSA) is 94.5 Å². The Morgan fingerprint density at radius 2 is 1.24 bits per heavy atom. The quantitative estimate of drug-likeness (QED) is 0.418. The number of likely N-dealkylation sites (N-methyl/N-ethyl adjacent to an activating group) is 1. The molecule has 1 N–H and O–H groups in total. The minimum Gasteiger partial charge on any atom is -0.481 e. The summed E-state index contributed by atoms with van der Waals surface area (Å²) in [6, 6.07) is 0. The van der Waals surface area contributed by atoms with Crippen molar-refractivity contribution in [1.82, 2.24) is 4.90 Å². The zero-order valence-electron chi connectivity index (χ0n) is 14.0. The summed E-state index contributed by atoms with van der Waals surface area (Å²) in [6.07, 6.45) is -4.93. The molecule has 0 aromatic rings. The molecule has 0 aliphatic rings. The Labute approximate surface area is 143 Å². The number of hydrogen-bond acceptors (Lipinski definition) is 6. The number of alkyl halides is 3. The Morgan fingerprint density at radius 3 is 1.64 bits per heavy atom. The smallest absolute Gasteiger partial charge is 0.471 e. The first kappa shape index (κ1) is 23.6. The van der Waals surface area contributed by atoms with Crippen LogP contribution in [0.1, 0.15) is 6.42 Å². The van der Waals surface area contributed by atoms with Gasteiger partial charge in [0, 0.05) is 13.6 Å². The highest BCUT2D eigenvalue weighted by molar-refractivity contribution is 5.81. The highest BCUT2D eigenvalue weighted by Crippen LogP contribution is 2.17. The average molecular weight is 375 g/mol. The lowest BCUT2D eigenvalue weighted by Gasteiger charge is -2.18. The van der Waals surface area contributed by atoms with Crippen LogP contribution >= 0.6 is 0 Å². The van der Waals surface area contributed by atoms with Gasteiger partial charge >= 0.3 is 18.1 Å². The van der Waals surface area contributed by atoms with Crippen molar-refractivity contribution in [1.29, 1.82) is 0 Å². The van der Waals surface area contributed by atoms with Gasteiger partial charge in [-0.25, -0.2) is 0 Å². The second kappa shape index (κ2) is 13.8. The summed E-state index contributed by atoms with van der Waals surface area (Å²) in [5, 5.41) is 8.37. The van der Waals surface area contributed by atoms with Crippen molar-refractivity contribution >= 4 is 11.9 Å². The molecule has 148 valence electrons. The monoisotopic (exact) mass is 375 g/mol. The molecule has 0 spiro atoms. The first-order chi connectivity index (χ1) is 11.7. The second-order valence-electron chi connectivity index (χ2n) is 4.82. The maximum Gasteiger partial charge on any atom is 0.471 e. The van der Waals surface area contributed by atoms with E-state index in [4.69, 9.17) is 24.1 Å². The van der Waals surface area contributed by atoms with E-state index >= 15 is 0 Å². The van der Waals surface area contributed by atoms with E-state index in [0.717, 1.165) is 7.05 Å². The summed E-state index contributed by atoms with van der Waals surface area (Å²) in [7, 11) is 1.05. The minimum atomic E-state index is -4.88. The largest absolute Gasteiger partial charge is 0.481 e. The molecule has 0 saturated carbocycles. The van der Waals surface area contributed by atoms with Gasteiger partial charge in [-0.15, -0.1) is 0 Å². The van der Waals surface area contributed by atoms with Gasteiger partial charge in [0.1, 0.15) is 0 Å². The number of carboxylic acids is 1. The van der Waals surface area contributed by atoms with E-state index in [1.807, 2.05) is 0 Å². The van der Waals surface area contributed by atoms with Crippen molar-refractivity contribution in [2.75, 3.05) is 66.4 Å². The van der Waals surface area contributed by atoms with Gasteiger partial charge < -0.3 is 29.0 Å². The standard InChI is InChI=1S/C14H24F3NO7/c1-18(13(21)14(15,16)17)3-5-23-7-9-25-11-10-24-8-6-22-4-2-12(19)20/h2-11H2,1H3,(H,19,20). The summed E-state index contributed by atoms with van der Waals surface area (Å²) in [5.74, 6) is -2.83. The van der Waals surface area contributed by atoms with Gasteiger partial charge in [-0.3, -0.25) is 9.59 Å². The summed E-state index contributed by atoms with van der Waals surface area (Å²) >= 11 is 0. The van der Waals surface area contributed by atoms with Crippen LogP contribution in [0.25, 0.3) is 0 Å². The molecule has 0 unspecified atom stereocenters. The molecule has 25 heavy (non-hydrogen) atoms. The summed E-state index contributed by atoms with van der Waals surface area (Å²) in [5.41, 5.74) is 0. The number of aliphatic carboxylic acids is 1. The molecular weight excluding hydrogens is 351 g/mol. The van der Waals surface area contributed by atoms with Crippen LogP contribution in [0.2, 0.25) is 0 Å². The zero-order valence-corrected chi connectivity index (χ0v) is 14.0. The van der Waals surface area contributed by atoms with Crippen LogP contribution in [0.4, 0.5) is 13.2 Å². The van der Waals surface area contributed by atoms with Crippen molar-refractivity contribution in [3.8, 4) is 0 Å². The fourth-order valence-electron chi connectivity index (χ4n) is 1.44. The fourth-order valence-corrected chi connectivity index (χ4v) is 1.44. The number of amides is 1. The molecule has 0 aromatic carbocycles. The molecule has 8 nitrogen and oxygen atoms in total. The maximum atomic E-state index is 12.1. The molecule has 0 fully saturated rings. The van der Waals surface area contributed by atoms with E-state index in [1.54, 1.807) is 0 Å². The van der Waals surface area contributed by atoms with Gasteiger partial charge in [-0.05, 0) is 0 Å². The Hall–Kier alpha value is -1.43. The van der Waals surface area contributed by atoms with Gasteiger partial charge in [-0.1, -0.05) is 0 Å². The number of halogens is 3. The van der Waals surface area contributed by atoms with E-state index in [-0.39, 0.29) is 39.4 Å². The maximum absolute atomic E-state index is 12.1. The molecule has 0 saturated heterocycles. The van der Waals surface area contributed by atoms with Crippen LogP contribution in [0, 0.1) is 0 Å². The molecule has 0 aliphatic heterocycles. The normalized spacial score (nSPS) is 11.5. The van der Waals surface area contributed by atoms with Gasteiger partial charge in [0.15, 0.2) is 0 Å². The first-order valence-electron chi connectivity index (χ1n) is 7.60. The highest BCUT2D eigenvalue weighted by atomic mass is 19.4. The molecule has 0 bridgehead atoms.